The van der Waals surface area contributed by atoms with Gasteiger partial charge in [-0.05, 0) is 72.2 Å². The van der Waals surface area contributed by atoms with E-state index < -0.39 is 5.97 Å². The van der Waals surface area contributed by atoms with Crippen LogP contribution >= 0.6 is 0 Å². The van der Waals surface area contributed by atoms with E-state index in [9.17, 15) is 14.7 Å². The van der Waals surface area contributed by atoms with Crippen molar-refractivity contribution in [3.8, 4) is 22.6 Å². The monoisotopic (exact) mass is 535 g/mol. The van der Waals surface area contributed by atoms with E-state index >= 15 is 0 Å². The molecule has 1 aliphatic rings. The summed E-state index contributed by atoms with van der Waals surface area (Å²) in [7, 11) is 3.19. The number of aromatic carboxylic acids is 1. The molecule has 1 amide bonds. The van der Waals surface area contributed by atoms with Gasteiger partial charge in [-0.2, -0.15) is 0 Å². The first-order valence-corrected chi connectivity index (χ1v) is 13.4. The summed E-state index contributed by atoms with van der Waals surface area (Å²) >= 11 is 0. The number of carboxylic acids is 1. The molecule has 204 valence electrons. The largest absolute Gasteiger partial charge is 0.496 e. The van der Waals surface area contributed by atoms with Crippen molar-refractivity contribution in [1.29, 1.82) is 0 Å². The highest BCUT2D eigenvalue weighted by Crippen LogP contribution is 2.35. The van der Waals surface area contributed by atoms with E-state index in [4.69, 9.17) is 9.47 Å². The highest BCUT2D eigenvalue weighted by molar-refractivity contribution is 5.97. The summed E-state index contributed by atoms with van der Waals surface area (Å²) in [6.07, 6.45) is 2.31. The second kappa shape index (κ2) is 11.7. The average Bonchev–Trinajstić information content (AvgIpc) is 2.99. The predicted octanol–water partition coefficient (Wildman–Crippen LogP) is 6.58. The highest BCUT2D eigenvalue weighted by atomic mass is 16.5. The summed E-state index contributed by atoms with van der Waals surface area (Å²) in [5.41, 5.74) is 6.63. The number of ether oxygens (including phenoxy) is 2. The number of carboxylic acid groups (broad SMARTS) is 1. The number of rotatable bonds is 8. The van der Waals surface area contributed by atoms with Gasteiger partial charge in [0.05, 0.1) is 19.8 Å². The fourth-order valence-corrected chi connectivity index (χ4v) is 5.58. The highest BCUT2D eigenvalue weighted by Gasteiger charge is 2.31. The molecule has 1 heterocycles. The number of aryl methyl sites for hydroxylation is 1. The topological polar surface area (TPSA) is 76.1 Å². The molecule has 1 atom stereocenters. The van der Waals surface area contributed by atoms with Crippen molar-refractivity contribution in [3.63, 3.8) is 0 Å². The molecular weight excluding hydrogens is 502 g/mol. The average molecular weight is 536 g/mol. The fraction of sp³-hybridized carbons (Fsp3) is 0.235. The van der Waals surface area contributed by atoms with Crippen molar-refractivity contribution in [3.05, 3.63) is 118 Å². The van der Waals surface area contributed by atoms with Crippen molar-refractivity contribution in [2.24, 2.45) is 0 Å². The zero-order chi connectivity index (χ0) is 28.2. The summed E-state index contributed by atoms with van der Waals surface area (Å²) in [6.45, 7) is 2.37. The van der Waals surface area contributed by atoms with Gasteiger partial charge in [-0.1, -0.05) is 66.7 Å². The number of amides is 1. The molecule has 4 aromatic rings. The second-order valence-electron chi connectivity index (χ2n) is 10.2. The van der Waals surface area contributed by atoms with E-state index in [1.807, 2.05) is 54.3 Å². The van der Waals surface area contributed by atoms with Gasteiger partial charge in [-0.15, -0.1) is 0 Å². The molecule has 1 N–H and O–H groups in total. The minimum absolute atomic E-state index is 0.0385. The molecule has 5 rings (SSSR count). The Morgan fingerprint density at radius 1 is 0.875 bits per heavy atom. The Bertz CT molecular complexity index is 1520. The molecule has 0 radical (unpaired) electrons. The molecule has 4 aromatic carbocycles. The van der Waals surface area contributed by atoms with Crippen LogP contribution in [0.1, 0.15) is 49.4 Å². The quantitative estimate of drug-likeness (QED) is 0.276. The van der Waals surface area contributed by atoms with Crippen LogP contribution in [0.4, 0.5) is 0 Å². The number of carbonyl (C=O) groups excluding carboxylic acids is 1. The van der Waals surface area contributed by atoms with Gasteiger partial charge in [0.25, 0.3) is 5.91 Å². The lowest BCUT2D eigenvalue weighted by atomic mass is 9.87. The van der Waals surface area contributed by atoms with Crippen molar-refractivity contribution in [2.45, 2.75) is 38.8 Å². The van der Waals surface area contributed by atoms with Crippen molar-refractivity contribution < 1.29 is 24.2 Å². The van der Waals surface area contributed by atoms with Crippen LogP contribution < -0.4 is 9.47 Å². The summed E-state index contributed by atoms with van der Waals surface area (Å²) in [5, 5.41) is 9.72. The molecule has 0 spiro atoms. The van der Waals surface area contributed by atoms with Gasteiger partial charge in [0, 0.05) is 23.7 Å². The molecule has 0 fully saturated rings. The van der Waals surface area contributed by atoms with Gasteiger partial charge >= 0.3 is 5.97 Å². The maximum Gasteiger partial charge on any atom is 0.336 e. The number of benzene rings is 4. The number of carbonyl (C=O) groups is 2. The molecule has 40 heavy (non-hydrogen) atoms. The molecule has 0 aromatic heterocycles. The summed E-state index contributed by atoms with van der Waals surface area (Å²) in [4.78, 5) is 27.9. The number of hydrogen-bond acceptors (Lipinski definition) is 4. The third kappa shape index (κ3) is 5.43. The zero-order valence-corrected chi connectivity index (χ0v) is 23.0. The van der Waals surface area contributed by atoms with Crippen molar-refractivity contribution >= 4 is 11.9 Å². The van der Waals surface area contributed by atoms with E-state index in [1.54, 1.807) is 38.5 Å². The Balaban J connectivity index is 1.51. The van der Waals surface area contributed by atoms with Gasteiger partial charge in [-0.3, -0.25) is 4.79 Å². The number of hydrogen-bond donors (Lipinski definition) is 1. The Morgan fingerprint density at radius 3 is 2.23 bits per heavy atom. The van der Waals surface area contributed by atoms with Gasteiger partial charge in [0.2, 0.25) is 0 Å². The predicted molar refractivity (Wildman–Crippen MR) is 155 cm³/mol. The van der Waals surface area contributed by atoms with Crippen LogP contribution in [0, 0.1) is 6.92 Å². The van der Waals surface area contributed by atoms with Crippen LogP contribution in [0.5, 0.6) is 11.5 Å². The second-order valence-corrected chi connectivity index (χ2v) is 10.2. The molecule has 0 aliphatic carbocycles. The normalized spacial score (nSPS) is 14.4. The van der Waals surface area contributed by atoms with Gasteiger partial charge in [0.1, 0.15) is 11.5 Å². The zero-order valence-electron chi connectivity index (χ0n) is 23.0. The Kier molecular flexibility index (Phi) is 7.87. The number of nitrogens with zero attached hydrogens (tertiary/aromatic N) is 1. The lowest BCUT2D eigenvalue weighted by molar-refractivity contribution is 0.0627. The summed E-state index contributed by atoms with van der Waals surface area (Å²) in [5.74, 6) is 0.209. The maximum atomic E-state index is 14.0. The SMILES string of the molecule is COc1cc(C(=O)N2Cc3ccc(-c4ccccc4C(=O)O)cc3CC2CCc2ccccc2)cc(OC)c1C. The molecule has 0 saturated carbocycles. The number of fused-ring (bicyclic) bond motifs is 1. The minimum Gasteiger partial charge on any atom is -0.496 e. The Hall–Kier alpha value is -4.58. The molecule has 0 bridgehead atoms. The first-order chi connectivity index (χ1) is 19.4. The first-order valence-electron chi connectivity index (χ1n) is 13.4. The minimum atomic E-state index is -0.949. The van der Waals surface area contributed by atoms with Crippen LogP contribution in [-0.2, 0) is 19.4 Å². The third-order valence-electron chi connectivity index (χ3n) is 7.78. The van der Waals surface area contributed by atoms with Crippen LogP contribution in [-0.4, -0.2) is 42.1 Å². The molecule has 1 aliphatic heterocycles. The standard InChI is InChI=1S/C34H33NO5/c1-22-31(39-2)19-27(20-32(22)40-3)33(36)35-21-25-15-14-24(29-11-7-8-12-30(29)34(37)38)17-26(25)18-28(35)16-13-23-9-5-4-6-10-23/h4-12,14-15,17,19-20,28H,13,16,18,21H2,1-3H3,(H,37,38). The van der Waals surface area contributed by atoms with E-state index in [0.717, 1.165) is 35.1 Å². The van der Waals surface area contributed by atoms with Crippen molar-refractivity contribution in [2.75, 3.05) is 14.2 Å². The van der Waals surface area contributed by atoms with Gasteiger partial charge in [0.15, 0.2) is 0 Å². The maximum absolute atomic E-state index is 14.0. The van der Waals surface area contributed by atoms with E-state index in [2.05, 4.69) is 18.2 Å². The van der Waals surface area contributed by atoms with E-state index in [-0.39, 0.29) is 17.5 Å². The van der Waals surface area contributed by atoms with E-state index in [1.165, 1.54) is 5.56 Å². The molecular formula is C34H33NO5. The van der Waals surface area contributed by atoms with Crippen molar-refractivity contribution in [1.82, 2.24) is 4.90 Å². The smallest absolute Gasteiger partial charge is 0.336 e. The summed E-state index contributed by atoms with van der Waals surface area (Å²) < 4.78 is 11.1. The molecule has 0 saturated heterocycles. The van der Waals surface area contributed by atoms with E-state index in [0.29, 0.717) is 35.6 Å². The Morgan fingerprint density at radius 2 is 1.55 bits per heavy atom. The fourth-order valence-electron chi connectivity index (χ4n) is 5.58. The molecule has 6 heteroatoms. The Labute approximate surface area is 234 Å². The van der Waals surface area contributed by atoms with Crippen LogP contribution in [0.15, 0.2) is 84.9 Å². The molecule has 6 nitrogen and oxygen atoms in total. The van der Waals surface area contributed by atoms with Gasteiger partial charge in [-0.25, -0.2) is 4.79 Å². The third-order valence-corrected chi connectivity index (χ3v) is 7.78. The van der Waals surface area contributed by atoms with Crippen LogP contribution in [0.2, 0.25) is 0 Å². The van der Waals surface area contributed by atoms with Crippen LogP contribution in [0.3, 0.4) is 0 Å². The molecule has 1 unspecified atom stereocenters. The lowest BCUT2D eigenvalue weighted by Crippen LogP contribution is -2.44. The van der Waals surface area contributed by atoms with Crippen LogP contribution in [0.25, 0.3) is 11.1 Å². The van der Waals surface area contributed by atoms with Gasteiger partial charge < -0.3 is 19.5 Å². The number of methoxy groups -OCH3 is 2. The lowest BCUT2D eigenvalue weighted by Gasteiger charge is -2.38. The first kappa shape index (κ1) is 27.0. The summed E-state index contributed by atoms with van der Waals surface area (Å²) in [6, 6.07) is 27.0.